The van der Waals surface area contributed by atoms with Gasteiger partial charge in [-0.3, -0.25) is 0 Å². The number of anilines is 1. The van der Waals surface area contributed by atoms with Gasteiger partial charge < -0.3 is 10.1 Å². The van der Waals surface area contributed by atoms with Gasteiger partial charge in [0.25, 0.3) is 0 Å². The summed E-state index contributed by atoms with van der Waals surface area (Å²) in [4.78, 5) is 0. The van der Waals surface area contributed by atoms with Crippen LogP contribution in [0.2, 0.25) is 0 Å². The van der Waals surface area contributed by atoms with Gasteiger partial charge in [0.1, 0.15) is 0 Å². The van der Waals surface area contributed by atoms with Crippen LogP contribution in [-0.4, -0.2) is 20.3 Å². The topological polar surface area (TPSA) is 21.3 Å². The highest BCUT2D eigenvalue weighted by Gasteiger charge is 2.31. The van der Waals surface area contributed by atoms with E-state index in [0.717, 1.165) is 18.1 Å². The summed E-state index contributed by atoms with van der Waals surface area (Å²) in [5.74, 6) is 0.323. The Bertz CT molecular complexity index is 403. The summed E-state index contributed by atoms with van der Waals surface area (Å²) >= 11 is 0. The molecule has 1 unspecified atom stereocenters. The van der Waals surface area contributed by atoms with Crippen molar-refractivity contribution in [1.82, 2.24) is 0 Å². The molecule has 0 bridgehead atoms. The predicted molar refractivity (Wildman–Crippen MR) is 59.0 cm³/mol. The average molecular weight is 245 g/mol. The summed E-state index contributed by atoms with van der Waals surface area (Å²) in [6.45, 7) is 1.27. The first-order valence-electron chi connectivity index (χ1n) is 5.43. The van der Waals surface area contributed by atoms with Gasteiger partial charge in [-0.05, 0) is 24.1 Å². The van der Waals surface area contributed by atoms with Crippen LogP contribution >= 0.6 is 0 Å². The number of rotatable bonds is 2. The smallest absolute Gasteiger partial charge is 0.384 e. The first-order valence-corrected chi connectivity index (χ1v) is 5.43. The van der Waals surface area contributed by atoms with E-state index in [0.29, 0.717) is 24.8 Å². The van der Waals surface area contributed by atoms with Crippen LogP contribution in [0.4, 0.5) is 18.9 Å². The monoisotopic (exact) mass is 245 g/mol. The van der Waals surface area contributed by atoms with Crippen LogP contribution in [0.5, 0.6) is 0 Å². The maximum atomic E-state index is 12.5. The number of halogens is 3. The first kappa shape index (κ1) is 12.2. The zero-order valence-corrected chi connectivity index (χ0v) is 9.47. The van der Waals surface area contributed by atoms with Crippen molar-refractivity contribution in [3.05, 3.63) is 29.3 Å². The van der Waals surface area contributed by atoms with Gasteiger partial charge in [0, 0.05) is 25.3 Å². The second-order valence-corrected chi connectivity index (χ2v) is 4.28. The Morgan fingerprint density at radius 1 is 1.41 bits per heavy atom. The summed E-state index contributed by atoms with van der Waals surface area (Å²) in [5.41, 5.74) is 0.910. The predicted octanol–water partition coefficient (Wildman–Crippen LogP) is 2.94. The number of ether oxygens (including phenoxy) is 1. The SMILES string of the molecule is COCC1CNc2cc(C(F)(F)F)ccc2C1. The molecule has 94 valence electrons. The number of hydrogen-bond acceptors (Lipinski definition) is 2. The van der Waals surface area contributed by atoms with Crippen molar-refractivity contribution < 1.29 is 17.9 Å². The largest absolute Gasteiger partial charge is 0.416 e. The molecule has 2 rings (SSSR count). The molecule has 2 nitrogen and oxygen atoms in total. The third-order valence-electron chi connectivity index (χ3n) is 2.93. The van der Waals surface area contributed by atoms with Crippen molar-refractivity contribution in [1.29, 1.82) is 0 Å². The lowest BCUT2D eigenvalue weighted by Gasteiger charge is -2.26. The zero-order chi connectivity index (χ0) is 12.5. The number of nitrogens with one attached hydrogen (secondary N) is 1. The standard InChI is InChI=1S/C12H14F3NO/c1-17-7-8-4-9-2-3-10(12(13,14)15)5-11(9)16-6-8/h2-3,5,8,16H,4,6-7H2,1H3. The fraction of sp³-hybridized carbons (Fsp3) is 0.500. The molecule has 1 heterocycles. The molecule has 0 amide bonds. The van der Waals surface area contributed by atoms with E-state index in [-0.39, 0.29) is 0 Å². The summed E-state index contributed by atoms with van der Waals surface area (Å²) < 4.78 is 42.6. The molecular formula is C12H14F3NO. The van der Waals surface area contributed by atoms with E-state index in [1.54, 1.807) is 13.2 Å². The van der Waals surface area contributed by atoms with Gasteiger partial charge in [-0.2, -0.15) is 13.2 Å². The third kappa shape index (κ3) is 2.72. The Hall–Kier alpha value is -1.23. The minimum absolute atomic E-state index is 0.323. The van der Waals surface area contributed by atoms with E-state index in [4.69, 9.17) is 4.74 Å². The molecule has 0 radical (unpaired) electrons. The van der Waals surface area contributed by atoms with E-state index < -0.39 is 11.7 Å². The number of fused-ring (bicyclic) bond motifs is 1. The molecule has 1 N–H and O–H groups in total. The zero-order valence-electron chi connectivity index (χ0n) is 9.47. The van der Waals surface area contributed by atoms with Crippen LogP contribution in [0, 0.1) is 5.92 Å². The number of benzene rings is 1. The molecule has 0 saturated heterocycles. The lowest BCUT2D eigenvalue weighted by atomic mass is 9.93. The van der Waals surface area contributed by atoms with Gasteiger partial charge in [0.2, 0.25) is 0 Å². The van der Waals surface area contributed by atoms with Gasteiger partial charge in [0.15, 0.2) is 0 Å². The first-order chi connectivity index (χ1) is 8.00. The fourth-order valence-electron chi connectivity index (χ4n) is 2.09. The van der Waals surface area contributed by atoms with Crippen LogP contribution in [0.15, 0.2) is 18.2 Å². The van der Waals surface area contributed by atoms with Crippen molar-refractivity contribution in [2.75, 3.05) is 25.6 Å². The normalized spacial score (nSPS) is 19.6. The summed E-state index contributed by atoms with van der Waals surface area (Å²) in [6, 6.07) is 3.86. The molecule has 1 aliphatic rings. The highest BCUT2D eigenvalue weighted by molar-refractivity contribution is 5.55. The maximum absolute atomic E-state index is 12.5. The van der Waals surface area contributed by atoms with Crippen molar-refractivity contribution >= 4 is 5.69 Å². The molecule has 1 atom stereocenters. The second kappa shape index (κ2) is 4.56. The summed E-state index contributed by atoms with van der Waals surface area (Å²) in [5, 5.41) is 3.03. The molecule has 0 fully saturated rings. The van der Waals surface area contributed by atoms with Crippen LogP contribution in [-0.2, 0) is 17.3 Å². The van der Waals surface area contributed by atoms with Gasteiger partial charge in [0.05, 0.1) is 12.2 Å². The fourth-order valence-corrected chi connectivity index (χ4v) is 2.09. The lowest BCUT2D eigenvalue weighted by Crippen LogP contribution is -2.26. The van der Waals surface area contributed by atoms with Crippen molar-refractivity contribution in [3.63, 3.8) is 0 Å². The Labute approximate surface area is 97.8 Å². The van der Waals surface area contributed by atoms with Crippen LogP contribution in [0.3, 0.4) is 0 Å². The Morgan fingerprint density at radius 3 is 2.82 bits per heavy atom. The molecule has 1 aliphatic heterocycles. The Balaban J connectivity index is 2.20. The van der Waals surface area contributed by atoms with Crippen molar-refractivity contribution in [2.45, 2.75) is 12.6 Å². The molecule has 0 aromatic heterocycles. The molecular weight excluding hydrogens is 231 g/mol. The van der Waals surface area contributed by atoms with Crippen LogP contribution < -0.4 is 5.32 Å². The molecule has 0 spiro atoms. The van der Waals surface area contributed by atoms with E-state index in [1.165, 1.54) is 6.07 Å². The summed E-state index contributed by atoms with van der Waals surface area (Å²) in [7, 11) is 1.63. The molecule has 1 aromatic rings. The number of hydrogen-bond donors (Lipinski definition) is 1. The van der Waals surface area contributed by atoms with E-state index in [1.807, 2.05) is 0 Å². The number of alkyl halides is 3. The average Bonchev–Trinajstić information content (AvgIpc) is 2.27. The van der Waals surface area contributed by atoms with Crippen molar-refractivity contribution in [2.24, 2.45) is 5.92 Å². The number of methoxy groups -OCH3 is 1. The third-order valence-corrected chi connectivity index (χ3v) is 2.93. The Kier molecular flexibility index (Phi) is 3.28. The molecule has 0 saturated carbocycles. The molecule has 0 aliphatic carbocycles. The summed E-state index contributed by atoms with van der Waals surface area (Å²) in [6.07, 6.45) is -3.52. The highest BCUT2D eigenvalue weighted by atomic mass is 19.4. The van der Waals surface area contributed by atoms with Crippen molar-refractivity contribution in [3.8, 4) is 0 Å². The van der Waals surface area contributed by atoms with Gasteiger partial charge in [-0.15, -0.1) is 0 Å². The van der Waals surface area contributed by atoms with Gasteiger partial charge >= 0.3 is 6.18 Å². The molecule has 5 heteroatoms. The Morgan fingerprint density at radius 2 is 2.18 bits per heavy atom. The van der Waals surface area contributed by atoms with Gasteiger partial charge in [-0.25, -0.2) is 0 Å². The van der Waals surface area contributed by atoms with E-state index in [9.17, 15) is 13.2 Å². The van der Waals surface area contributed by atoms with Crippen LogP contribution in [0.25, 0.3) is 0 Å². The molecule has 1 aromatic carbocycles. The second-order valence-electron chi connectivity index (χ2n) is 4.28. The van der Waals surface area contributed by atoms with Crippen LogP contribution in [0.1, 0.15) is 11.1 Å². The highest BCUT2D eigenvalue weighted by Crippen LogP contribution is 2.34. The lowest BCUT2D eigenvalue weighted by molar-refractivity contribution is -0.137. The minimum atomic E-state index is -4.28. The molecule has 17 heavy (non-hydrogen) atoms. The van der Waals surface area contributed by atoms with Gasteiger partial charge in [-0.1, -0.05) is 6.07 Å². The quantitative estimate of drug-likeness (QED) is 0.865. The van der Waals surface area contributed by atoms with E-state index in [2.05, 4.69) is 5.32 Å². The maximum Gasteiger partial charge on any atom is 0.416 e. The van der Waals surface area contributed by atoms with E-state index >= 15 is 0 Å². The minimum Gasteiger partial charge on any atom is -0.384 e.